The summed E-state index contributed by atoms with van der Waals surface area (Å²) in [5.41, 5.74) is 1.03. The lowest BCUT2D eigenvalue weighted by Crippen LogP contribution is -2.03. The van der Waals surface area contributed by atoms with Gasteiger partial charge in [-0.25, -0.2) is 9.97 Å². The van der Waals surface area contributed by atoms with Crippen molar-refractivity contribution >= 4 is 29.1 Å². The second-order valence-corrected chi connectivity index (χ2v) is 4.95. The molecular formula is C14H18N4S. The Hall–Kier alpha value is -1.75. The number of rotatable bonds is 6. The lowest BCUT2D eigenvalue weighted by molar-refractivity contribution is 0.965. The number of nitrogens with one attached hydrogen (secondary N) is 2. The molecular weight excluding hydrogens is 256 g/mol. The third-order valence-electron chi connectivity index (χ3n) is 2.59. The predicted octanol–water partition coefficient (Wildman–Crippen LogP) is 3.76. The van der Waals surface area contributed by atoms with Gasteiger partial charge >= 0.3 is 0 Å². The largest absolute Gasteiger partial charge is 0.370 e. The highest BCUT2D eigenvalue weighted by molar-refractivity contribution is 7.98. The molecule has 2 aromatic rings. The molecule has 1 heterocycles. The molecule has 100 valence electrons. The number of anilines is 3. The highest BCUT2D eigenvalue weighted by Gasteiger charge is 1.99. The Morgan fingerprint density at radius 1 is 1.11 bits per heavy atom. The van der Waals surface area contributed by atoms with E-state index in [0.29, 0.717) is 0 Å². The van der Waals surface area contributed by atoms with Crippen molar-refractivity contribution in [2.24, 2.45) is 0 Å². The number of aromatic nitrogens is 2. The third kappa shape index (κ3) is 4.13. The molecule has 0 saturated heterocycles. The van der Waals surface area contributed by atoms with Gasteiger partial charge in [-0.3, -0.25) is 0 Å². The second-order valence-electron chi connectivity index (χ2n) is 4.07. The normalized spacial score (nSPS) is 10.2. The maximum Gasteiger partial charge on any atom is 0.135 e. The van der Waals surface area contributed by atoms with E-state index >= 15 is 0 Å². The van der Waals surface area contributed by atoms with Crippen LogP contribution in [0.4, 0.5) is 17.3 Å². The lowest BCUT2D eigenvalue weighted by atomic mass is 10.3. The molecule has 0 fully saturated rings. The number of benzene rings is 1. The zero-order chi connectivity index (χ0) is 13.5. The van der Waals surface area contributed by atoms with Gasteiger partial charge in [0.25, 0.3) is 0 Å². The van der Waals surface area contributed by atoms with Gasteiger partial charge in [-0.2, -0.15) is 0 Å². The van der Waals surface area contributed by atoms with E-state index in [0.717, 1.165) is 30.3 Å². The van der Waals surface area contributed by atoms with Crippen molar-refractivity contribution in [3.63, 3.8) is 0 Å². The van der Waals surface area contributed by atoms with Gasteiger partial charge in [0.05, 0.1) is 0 Å². The van der Waals surface area contributed by atoms with Crippen LogP contribution in [0.3, 0.4) is 0 Å². The van der Waals surface area contributed by atoms with Gasteiger partial charge in [0.2, 0.25) is 0 Å². The smallest absolute Gasteiger partial charge is 0.135 e. The van der Waals surface area contributed by atoms with Crippen LogP contribution in [0.2, 0.25) is 0 Å². The molecule has 0 aliphatic rings. The van der Waals surface area contributed by atoms with Crippen LogP contribution in [0.25, 0.3) is 0 Å². The molecule has 0 saturated carbocycles. The van der Waals surface area contributed by atoms with Gasteiger partial charge in [-0.15, -0.1) is 11.8 Å². The van der Waals surface area contributed by atoms with Crippen molar-refractivity contribution in [2.75, 3.05) is 23.4 Å². The van der Waals surface area contributed by atoms with Crippen molar-refractivity contribution in [3.05, 3.63) is 36.7 Å². The number of hydrogen-bond donors (Lipinski definition) is 2. The molecule has 0 radical (unpaired) electrons. The topological polar surface area (TPSA) is 49.8 Å². The van der Waals surface area contributed by atoms with Crippen molar-refractivity contribution < 1.29 is 0 Å². The fourth-order valence-electron chi connectivity index (χ4n) is 1.60. The van der Waals surface area contributed by atoms with E-state index < -0.39 is 0 Å². The van der Waals surface area contributed by atoms with E-state index in [1.165, 1.54) is 4.90 Å². The van der Waals surface area contributed by atoms with Crippen LogP contribution >= 0.6 is 11.8 Å². The van der Waals surface area contributed by atoms with E-state index in [-0.39, 0.29) is 0 Å². The van der Waals surface area contributed by atoms with Crippen molar-refractivity contribution in [2.45, 2.75) is 18.2 Å². The van der Waals surface area contributed by atoms with E-state index in [1.807, 2.05) is 18.2 Å². The molecule has 0 unspecified atom stereocenters. The van der Waals surface area contributed by atoms with E-state index in [2.05, 4.69) is 45.9 Å². The summed E-state index contributed by atoms with van der Waals surface area (Å²) in [6.07, 6.45) is 4.71. The fourth-order valence-corrected chi connectivity index (χ4v) is 2.01. The summed E-state index contributed by atoms with van der Waals surface area (Å²) >= 11 is 1.73. The molecule has 19 heavy (non-hydrogen) atoms. The summed E-state index contributed by atoms with van der Waals surface area (Å²) in [6, 6.07) is 10.2. The molecule has 5 heteroatoms. The summed E-state index contributed by atoms with van der Waals surface area (Å²) in [5, 5.41) is 6.52. The molecule has 1 aromatic heterocycles. The van der Waals surface area contributed by atoms with Crippen LogP contribution in [0.1, 0.15) is 13.3 Å². The molecule has 0 bridgehead atoms. The van der Waals surface area contributed by atoms with Crippen LogP contribution in [0.15, 0.2) is 41.6 Å². The lowest BCUT2D eigenvalue weighted by Gasteiger charge is -2.08. The van der Waals surface area contributed by atoms with E-state index in [9.17, 15) is 0 Å². The quantitative estimate of drug-likeness (QED) is 0.785. The summed E-state index contributed by atoms with van der Waals surface area (Å²) in [6.45, 7) is 3.04. The zero-order valence-electron chi connectivity index (χ0n) is 11.2. The number of thioether (sulfide) groups is 1. The number of nitrogens with zero attached hydrogens (tertiary/aromatic N) is 2. The molecule has 2 N–H and O–H groups in total. The third-order valence-corrected chi connectivity index (χ3v) is 3.33. The molecule has 2 rings (SSSR count). The first-order chi connectivity index (χ1) is 9.31. The Morgan fingerprint density at radius 3 is 2.53 bits per heavy atom. The van der Waals surface area contributed by atoms with Gasteiger partial charge in [-0.05, 0) is 36.9 Å². The Bertz CT molecular complexity index is 513. The summed E-state index contributed by atoms with van der Waals surface area (Å²) in [7, 11) is 0. The van der Waals surface area contributed by atoms with Gasteiger partial charge in [0.1, 0.15) is 18.0 Å². The van der Waals surface area contributed by atoms with Gasteiger partial charge in [-0.1, -0.05) is 6.92 Å². The highest BCUT2D eigenvalue weighted by atomic mass is 32.2. The summed E-state index contributed by atoms with van der Waals surface area (Å²) in [5.74, 6) is 1.64. The molecule has 0 amide bonds. The highest BCUT2D eigenvalue weighted by Crippen LogP contribution is 2.20. The van der Waals surface area contributed by atoms with Crippen LogP contribution in [-0.2, 0) is 0 Å². The van der Waals surface area contributed by atoms with E-state index in [4.69, 9.17) is 0 Å². The molecule has 1 aromatic carbocycles. The maximum atomic E-state index is 4.22. The van der Waals surface area contributed by atoms with E-state index in [1.54, 1.807) is 18.1 Å². The minimum atomic E-state index is 0.797. The SMILES string of the molecule is CCCNc1cc(Nc2ccc(SC)cc2)ncn1. The first-order valence-electron chi connectivity index (χ1n) is 6.29. The Labute approximate surface area is 118 Å². The van der Waals surface area contributed by atoms with Gasteiger partial charge in [0, 0.05) is 23.2 Å². The van der Waals surface area contributed by atoms with Crippen molar-refractivity contribution in [1.82, 2.24) is 9.97 Å². The molecule has 0 aliphatic heterocycles. The second kappa shape index (κ2) is 6.99. The van der Waals surface area contributed by atoms with Crippen molar-refractivity contribution in [1.29, 1.82) is 0 Å². The minimum absolute atomic E-state index is 0.797. The maximum absolute atomic E-state index is 4.22. The molecule has 0 atom stereocenters. The summed E-state index contributed by atoms with van der Waals surface area (Å²) in [4.78, 5) is 9.65. The van der Waals surface area contributed by atoms with Crippen LogP contribution in [0.5, 0.6) is 0 Å². The summed E-state index contributed by atoms with van der Waals surface area (Å²) < 4.78 is 0. The molecule has 4 nitrogen and oxygen atoms in total. The van der Waals surface area contributed by atoms with Crippen LogP contribution in [-0.4, -0.2) is 22.8 Å². The monoisotopic (exact) mass is 274 g/mol. The van der Waals surface area contributed by atoms with Crippen molar-refractivity contribution in [3.8, 4) is 0 Å². The first-order valence-corrected chi connectivity index (χ1v) is 7.51. The zero-order valence-corrected chi connectivity index (χ0v) is 12.0. The first kappa shape index (κ1) is 13.7. The average molecular weight is 274 g/mol. The molecule has 0 spiro atoms. The Balaban J connectivity index is 2.05. The fraction of sp³-hybridized carbons (Fsp3) is 0.286. The predicted molar refractivity (Wildman–Crippen MR) is 82.3 cm³/mol. The van der Waals surface area contributed by atoms with Crippen LogP contribution < -0.4 is 10.6 Å². The molecule has 0 aliphatic carbocycles. The average Bonchev–Trinajstić information content (AvgIpc) is 2.46. The van der Waals surface area contributed by atoms with Crippen LogP contribution in [0, 0.1) is 0 Å². The van der Waals surface area contributed by atoms with Gasteiger partial charge < -0.3 is 10.6 Å². The Kier molecular flexibility index (Phi) is 5.03. The number of hydrogen-bond acceptors (Lipinski definition) is 5. The minimum Gasteiger partial charge on any atom is -0.370 e. The Morgan fingerprint density at radius 2 is 1.84 bits per heavy atom. The standard InChI is InChI=1S/C14H18N4S/c1-3-8-15-13-9-14(17-10-16-13)18-11-4-6-12(19-2)7-5-11/h4-7,9-10H,3,8H2,1-2H3,(H2,15,16,17,18). The van der Waals surface area contributed by atoms with Gasteiger partial charge in [0.15, 0.2) is 0 Å².